The van der Waals surface area contributed by atoms with Gasteiger partial charge in [-0.05, 0) is 17.9 Å². The van der Waals surface area contributed by atoms with Crippen LogP contribution in [-0.2, 0) is 0 Å². The van der Waals surface area contributed by atoms with Gasteiger partial charge in [0.15, 0.2) is 0 Å². The molecule has 0 amide bonds. The zero-order valence-electron chi connectivity index (χ0n) is 11.5. The van der Waals surface area contributed by atoms with Gasteiger partial charge in [-0.15, -0.1) is 17.1 Å². The third kappa shape index (κ3) is 5.96. The average molecular weight is 268 g/mol. The van der Waals surface area contributed by atoms with Crippen molar-refractivity contribution in [3.05, 3.63) is 11.6 Å². The van der Waals surface area contributed by atoms with Crippen LogP contribution in [0.15, 0.2) is 11.6 Å². The molecule has 0 aliphatic rings. The van der Waals surface area contributed by atoms with Crippen molar-refractivity contribution in [3.63, 3.8) is 0 Å². The maximum atomic E-state index is 8.71. The van der Waals surface area contributed by atoms with Crippen molar-refractivity contribution in [1.29, 1.82) is 5.26 Å². The standard InChI is InChI=1S/C14H22ClNSi/c1-14(2,3)17(4,5)12-9-13(8-11-16)7-6-10-15/h8H,6-7,10H2,1-5H3/b13-8-. The van der Waals surface area contributed by atoms with Gasteiger partial charge in [0.05, 0.1) is 6.07 Å². The van der Waals surface area contributed by atoms with E-state index >= 15 is 0 Å². The first kappa shape index (κ1) is 16.3. The van der Waals surface area contributed by atoms with Crippen molar-refractivity contribution in [3.8, 4) is 17.5 Å². The Kier molecular flexibility index (Phi) is 6.61. The molecule has 0 fully saturated rings. The summed E-state index contributed by atoms with van der Waals surface area (Å²) in [4.78, 5) is 0. The van der Waals surface area contributed by atoms with Crippen molar-refractivity contribution in [2.45, 2.75) is 51.7 Å². The van der Waals surface area contributed by atoms with Gasteiger partial charge in [0.25, 0.3) is 0 Å². The van der Waals surface area contributed by atoms with Crippen LogP contribution in [0.1, 0.15) is 33.6 Å². The SMILES string of the molecule is CC(C)(C)[Si](C)(C)C#C/C(=C\C#N)CCCCl. The predicted octanol–water partition coefficient (Wildman–Crippen LogP) is 4.51. The van der Waals surface area contributed by atoms with Crippen LogP contribution in [0.2, 0.25) is 18.1 Å². The first-order valence-corrected chi connectivity index (χ1v) is 9.46. The maximum Gasteiger partial charge on any atom is 0.138 e. The van der Waals surface area contributed by atoms with Crippen LogP contribution < -0.4 is 0 Å². The van der Waals surface area contributed by atoms with Crippen LogP contribution in [0.5, 0.6) is 0 Å². The highest BCUT2D eigenvalue weighted by molar-refractivity contribution is 6.87. The van der Waals surface area contributed by atoms with Crippen molar-refractivity contribution in [2.75, 3.05) is 5.88 Å². The Morgan fingerprint density at radius 3 is 2.35 bits per heavy atom. The van der Waals surface area contributed by atoms with E-state index < -0.39 is 8.07 Å². The van der Waals surface area contributed by atoms with Crippen molar-refractivity contribution < 1.29 is 0 Å². The number of rotatable bonds is 3. The molecule has 0 saturated heterocycles. The topological polar surface area (TPSA) is 23.8 Å². The monoisotopic (exact) mass is 267 g/mol. The summed E-state index contributed by atoms with van der Waals surface area (Å²) in [7, 11) is -1.58. The van der Waals surface area contributed by atoms with E-state index in [4.69, 9.17) is 16.9 Å². The fourth-order valence-electron chi connectivity index (χ4n) is 0.930. The fraction of sp³-hybridized carbons (Fsp3) is 0.643. The Labute approximate surface area is 112 Å². The molecule has 0 aromatic heterocycles. The smallest absolute Gasteiger partial charge is 0.138 e. The second-order valence-electron chi connectivity index (χ2n) is 5.72. The van der Waals surface area contributed by atoms with E-state index in [9.17, 15) is 0 Å². The van der Waals surface area contributed by atoms with E-state index in [1.807, 2.05) is 0 Å². The Bertz CT molecular complexity index is 372. The minimum atomic E-state index is -1.58. The van der Waals surface area contributed by atoms with E-state index in [0.29, 0.717) is 5.88 Å². The molecule has 0 aliphatic carbocycles. The van der Waals surface area contributed by atoms with Gasteiger partial charge < -0.3 is 0 Å². The van der Waals surface area contributed by atoms with E-state index in [1.54, 1.807) is 6.08 Å². The molecular weight excluding hydrogens is 246 g/mol. The van der Waals surface area contributed by atoms with E-state index in [1.165, 1.54) is 0 Å². The minimum absolute atomic E-state index is 0.254. The molecule has 0 bridgehead atoms. The van der Waals surface area contributed by atoms with Crippen molar-refractivity contribution >= 4 is 19.7 Å². The first-order chi connectivity index (χ1) is 7.74. The largest absolute Gasteiger partial charge is 0.193 e. The van der Waals surface area contributed by atoms with Crippen molar-refractivity contribution in [2.24, 2.45) is 0 Å². The van der Waals surface area contributed by atoms with Crippen LogP contribution in [0.4, 0.5) is 0 Å². The summed E-state index contributed by atoms with van der Waals surface area (Å²) in [6.45, 7) is 11.2. The number of alkyl halides is 1. The van der Waals surface area contributed by atoms with E-state index in [2.05, 4.69) is 51.4 Å². The fourth-order valence-corrected chi connectivity index (χ4v) is 1.91. The summed E-state index contributed by atoms with van der Waals surface area (Å²) in [5.41, 5.74) is 4.33. The number of allylic oxidation sites excluding steroid dienone is 2. The summed E-state index contributed by atoms with van der Waals surface area (Å²) in [5, 5.41) is 8.96. The Hall–Kier alpha value is -0.703. The second-order valence-corrected chi connectivity index (χ2v) is 11.1. The lowest BCUT2D eigenvalue weighted by molar-refractivity contribution is 0.731. The third-order valence-electron chi connectivity index (χ3n) is 3.23. The molecule has 0 saturated carbocycles. The van der Waals surface area contributed by atoms with Crippen molar-refractivity contribution in [1.82, 2.24) is 0 Å². The summed E-state index contributed by atoms with van der Waals surface area (Å²) in [5.74, 6) is 3.81. The lowest BCUT2D eigenvalue weighted by Crippen LogP contribution is -2.35. The molecular formula is C14H22ClNSi. The molecule has 0 N–H and O–H groups in total. The Balaban J connectivity index is 4.92. The molecule has 0 aromatic carbocycles. The van der Waals surface area contributed by atoms with E-state index in [-0.39, 0.29) is 5.04 Å². The van der Waals surface area contributed by atoms with Gasteiger partial charge >= 0.3 is 0 Å². The number of hydrogen-bond donors (Lipinski definition) is 0. The summed E-state index contributed by atoms with van der Waals surface area (Å²) in [6.07, 6.45) is 3.23. The van der Waals surface area contributed by atoms with Gasteiger partial charge in [-0.2, -0.15) is 5.26 Å². The van der Waals surface area contributed by atoms with Gasteiger partial charge in [0.2, 0.25) is 0 Å². The van der Waals surface area contributed by atoms with Gasteiger partial charge in [-0.1, -0.05) is 39.8 Å². The van der Waals surface area contributed by atoms with Crippen LogP contribution in [0.3, 0.4) is 0 Å². The summed E-state index contributed by atoms with van der Waals surface area (Å²) >= 11 is 5.66. The first-order valence-electron chi connectivity index (χ1n) is 5.92. The maximum absolute atomic E-state index is 8.71. The molecule has 17 heavy (non-hydrogen) atoms. The summed E-state index contributed by atoms with van der Waals surface area (Å²) in [6, 6.07) is 2.06. The molecule has 0 spiro atoms. The highest BCUT2D eigenvalue weighted by Gasteiger charge is 2.33. The minimum Gasteiger partial charge on any atom is -0.193 e. The van der Waals surface area contributed by atoms with Gasteiger partial charge in [-0.3, -0.25) is 0 Å². The molecule has 0 aromatic rings. The number of hydrogen-bond acceptors (Lipinski definition) is 1. The second kappa shape index (κ2) is 6.89. The molecule has 0 heterocycles. The molecule has 3 heteroatoms. The highest BCUT2D eigenvalue weighted by atomic mass is 35.5. The molecule has 0 unspecified atom stereocenters. The molecule has 94 valence electrons. The van der Waals surface area contributed by atoms with Crippen LogP contribution in [0.25, 0.3) is 0 Å². The Morgan fingerprint density at radius 1 is 1.35 bits per heavy atom. The quantitative estimate of drug-likeness (QED) is 0.320. The zero-order valence-corrected chi connectivity index (χ0v) is 13.3. The highest BCUT2D eigenvalue weighted by Crippen LogP contribution is 2.35. The van der Waals surface area contributed by atoms with Crippen LogP contribution in [-0.4, -0.2) is 14.0 Å². The molecule has 0 radical (unpaired) electrons. The third-order valence-corrected chi connectivity index (χ3v) is 8.00. The molecule has 0 rings (SSSR count). The molecule has 1 nitrogen and oxygen atoms in total. The normalized spacial score (nSPS) is 12.6. The lowest BCUT2D eigenvalue weighted by atomic mass is 10.1. The number of nitrogens with zero attached hydrogens (tertiary/aromatic N) is 1. The van der Waals surface area contributed by atoms with Crippen LogP contribution >= 0.6 is 11.6 Å². The predicted molar refractivity (Wildman–Crippen MR) is 78.6 cm³/mol. The summed E-state index contributed by atoms with van der Waals surface area (Å²) < 4.78 is 0. The molecule has 0 atom stereocenters. The van der Waals surface area contributed by atoms with E-state index in [0.717, 1.165) is 18.4 Å². The Morgan fingerprint density at radius 2 is 1.94 bits per heavy atom. The molecule has 0 aliphatic heterocycles. The number of halogens is 1. The van der Waals surface area contributed by atoms with Gasteiger partial charge in [0.1, 0.15) is 8.07 Å². The van der Waals surface area contributed by atoms with Gasteiger partial charge in [-0.25, -0.2) is 0 Å². The lowest BCUT2D eigenvalue weighted by Gasteiger charge is -2.31. The number of nitriles is 1. The zero-order chi connectivity index (χ0) is 13.5. The van der Waals surface area contributed by atoms with Gasteiger partial charge in [0, 0.05) is 17.5 Å². The van der Waals surface area contributed by atoms with Crippen LogP contribution in [0, 0.1) is 22.8 Å². The average Bonchev–Trinajstić information content (AvgIpc) is 2.20.